The van der Waals surface area contributed by atoms with Crippen LogP contribution in [0.2, 0.25) is 0 Å². The molecule has 2 rings (SSSR count). The summed E-state index contributed by atoms with van der Waals surface area (Å²) >= 11 is 0. The molecule has 0 bridgehead atoms. The Kier molecular flexibility index (Phi) is 4.77. The van der Waals surface area contributed by atoms with Crippen LogP contribution in [-0.2, 0) is 11.8 Å². The molecule has 0 aliphatic rings. The van der Waals surface area contributed by atoms with E-state index in [-0.39, 0.29) is 18.1 Å². The van der Waals surface area contributed by atoms with E-state index < -0.39 is 5.97 Å². The van der Waals surface area contributed by atoms with Crippen molar-refractivity contribution in [1.29, 1.82) is 0 Å². The average molecular weight is 303 g/mol. The van der Waals surface area contributed by atoms with Crippen molar-refractivity contribution in [1.82, 2.24) is 9.78 Å². The van der Waals surface area contributed by atoms with Crippen molar-refractivity contribution in [3.63, 3.8) is 0 Å². The van der Waals surface area contributed by atoms with Gasteiger partial charge in [-0.2, -0.15) is 5.10 Å². The highest BCUT2D eigenvalue weighted by molar-refractivity contribution is 6.07. The molecule has 1 amide bonds. The molecule has 0 saturated carbocycles. The third-order valence-electron chi connectivity index (χ3n) is 3.02. The first-order valence-electron chi connectivity index (χ1n) is 6.71. The Hall–Kier alpha value is -2.83. The fourth-order valence-corrected chi connectivity index (χ4v) is 1.87. The minimum absolute atomic E-state index is 0.214. The summed E-state index contributed by atoms with van der Waals surface area (Å²) in [6.45, 7) is 1.96. The summed E-state index contributed by atoms with van der Waals surface area (Å²) < 4.78 is 11.4. The molecule has 1 N–H and O–H groups in total. The first-order valence-corrected chi connectivity index (χ1v) is 6.71. The number of nitrogens with zero attached hydrogens (tertiary/aromatic N) is 2. The van der Waals surface area contributed by atoms with Crippen LogP contribution in [0.3, 0.4) is 0 Å². The number of hydrogen-bond donors (Lipinski definition) is 1. The molecule has 1 aromatic carbocycles. The van der Waals surface area contributed by atoms with Gasteiger partial charge in [0, 0.05) is 12.6 Å². The summed E-state index contributed by atoms with van der Waals surface area (Å²) in [5, 5.41) is 6.65. The van der Waals surface area contributed by atoms with E-state index in [9.17, 15) is 9.59 Å². The van der Waals surface area contributed by atoms with Gasteiger partial charge in [-0.1, -0.05) is 0 Å². The zero-order chi connectivity index (χ0) is 16.1. The predicted octanol–water partition coefficient (Wildman–Crippen LogP) is 1.86. The molecule has 0 spiro atoms. The van der Waals surface area contributed by atoms with E-state index in [0.717, 1.165) is 0 Å². The minimum atomic E-state index is -0.527. The SMILES string of the molecule is CCOC(=O)c1cnn(C)c1NC(=O)c1ccc(OC)cc1. The van der Waals surface area contributed by atoms with Crippen LogP contribution in [0.5, 0.6) is 5.75 Å². The van der Waals surface area contributed by atoms with Gasteiger partial charge in [0.15, 0.2) is 0 Å². The van der Waals surface area contributed by atoms with Gasteiger partial charge in [0.25, 0.3) is 5.91 Å². The molecule has 7 nitrogen and oxygen atoms in total. The number of aromatic nitrogens is 2. The van der Waals surface area contributed by atoms with Crippen LogP contribution in [0.15, 0.2) is 30.5 Å². The molecular weight excluding hydrogens is 286 g/mol. The van der Waals surface area contributed by atoms with Gasteiger partial charge in [0.05, 0.1) is 19.9 Å². The Morgan fingerprint density at radius 1 is 1.27 bits per heavy atom. The summed E-state index contributed by atoms with van der Waals surface area (Å²) in [5.74, 6) is 0.0704. The highest BCUT2D eigenvalue weighted by atomic mass is 16.5. The van der Waals surface area contributed by atoms with Crippen molar-refractivity contribution in [2.75, 3.05) is 19.0 Å². The monoisotopic (exact) mass is 303 g/mol. The quantitative estimate of drug-likeness (QED) is 0.852. The van der Waals surface area contributed by atoms with Gasteiger partial charge in [-0.15, -0.1) is 0 Å². The smallest absolute Gasteiger partial charge is 0.343 e. The van der Waals surface area contributed by atoms with E-state index >= 15 is 0 Å². The third kappa shape index (κ3) is 3.25. The summed E-state index contributed by atoms with van der Waals surface area (Å²) in [7, 11) is 3.18. The normalized spacial score (nSPS) is 10.1. The number of anilines is 1. The van der Waals surface area contributed by atoms with Crippen LogP contribution in [0, 0.1) is 0 Å². The maximum absolute atomic E-state index is 12.3. The van der Waals surface area contributed by atoms with Crippen molar-refractivity contribution in [3.05, 3.63) is 41.6 Å². The molecule has 22 heavy (non-hydrogen) atoms. The fraction of sp³-hybridized carbons (Fsp3) is 0.267. The largest absolute Gasteiger partial charge is 0.497 e. The van der Waals surface area contributed by atoms with Crippen LogP contribution < -0.4 is 10.1 Å². The Balaban J connectivity index is 2.20. The molecule has 116 valence electrons. The van der Waals surface area contributed by atoms with Crippen LogP contribution in [-0.4, -0.2) is 35.4 Å². The van der Waals surface area contributed by atoms with Gasteiger partial charge in [0.2, 0.25) is 0 Å². The summed E-state index contributed by atoms with van der Waals surface area (Å²) in [5.41, 5.74) is 0.656. The van der Waals surface area contributed by atoms with E-state index in [1.165, 1.54) is 10.9 Å². The molecule has 1 aromatic heterocycles. The van der Waals surface area contributed by atoms with E-state index in [0.29, 0.717) is 17.1 Å². The number of rotatable bonds is 5. The zero-order valence-electron chi connectivity index (χ0n) is 12.6. The van der Waals surface area contributed by atoms with Gasteiger partial charge in [-0.25, -0.2) is 4.79 Å². The van der Waals surface area contributed by atoms with Gasteiger partial charge in [-0.3, -0.25) is 9.48 Å². The highest BCUT2D eigenvalue weighted by Gasteiger charge is 2.19. The first kappa shape index (κ1) is 15.6. The topological polar surface area (TPSA) is 82.5 Å². The summed E-state index contributed by atoms with van der Waals surface area (Å²) in [6.07, 6.45) is 1.36. The number of aryl methyl sites for hydroxylation is 1. The zero-order valence-corrected chi connectivity index (χ0v) is 12.6. The number of carbonyl (C=O) groups is 2. The molecule has 0 fully saturated rings. The summed E-state index contributed by atoms with van der Waals surface area (Å²) in [6, 6.07) is 6.64. The lowest BCUT2D eigenvalue weighted by Crippen LogP contribution is -2.17. The maximum Gasteiger partial charge on any atom is 0.343 e. The van der Waals surface area contributed by atoms with Crippen LogP contribution >= 0.6 is 0 Å². The van der Waals surface area contributed by atoms with Crippen molar-refractivity contribution in [2.24, 2.45) is 7.05 Å². The van der Waals surface area contributed by atoms with Gasteiger partial charge < -0.3 is 14.8 Å². The number of esters is 1. The molecule has 7 heteroatoms. The fourth-order valence-electron chi connectivity index (χ4n) is 1.87. The molecule has 0 aliphatic carbocycles. The number of amides is 1. The second-order valence-electron chi connectivity index (χ2n) is 4.43. The lowest BCUT2D eigenvalue weighted by Gasteiger charge is -2.08. The Morgan fingerprint density at radius 2 is 1.95 bits per heavy atom. The number of ether oxygens (including phenoxy) is 2. The number of nitrogens with one attached hydrogen (secondary N) is 1. The predicted molar refractivity (Wildman–Crippen MR) is 80.1 cm³/mol. The molecule has 0 aliphatic heterocycles. The number of carbonyl (C=O) groups excluding carboxylic acids is 2. The standard InChI is InChI=1S/C15H17N3O4/c1-4-22-15(20)12-9-16-18(2)13(12)17-14(19)10-5-7-11(21-3)8-6-10/h5-9H,4H2,1-3H3,(H,17,19). The molecule has 0 atom stereocenters. The average Bonchev–Trinajstić information content (AvgIpc) is 2.89. The lowest BCUT2D eigenvalue weighted by atomic mass is 10.2. The van der Waals surface area contributed by atoms with Gasteiger partial charge >= 0.3 is 5.97 Å². The molecule has 1 heterocycles. The molecule has 0 radical (unpaired) electrons. The first-order chi connectivity index (χ1) is 10.6. The second-order valence-corrected chi connectivity index (χ2v) is 4.43. The minimum Gasteiger partial charge on any atom is -0.497 e. The van der Waals surface area contributed by atoms with E-state index in [1.54, 1.807) is 45.3 Å². The Morgan fingerprint density at radius 3 is 2.55 bits per heavy atom. The van der Waals surface area contributed by atoms with Crippen molar-refractivity contribution < 1.29 is 19.1 Å². The third-order valence-corrected chi connectivity index (χ3v) is 3.02. The van der Waals surface area contributed by atoms with Crippen molar-refractivity contribution in [3.8, 4) is 5.75 Å². The van der Waals surface area contributed by atoms with E-state index in [2.05, 4.69) is 10.4 Å². The van der Waals surface area contributed by atoms with E-state index in [1.807, 2.05) is 0 Å². The summed E-state index contributed by atoms with van der Waals surface area (Å²) in [4.78, 5) is 24.1. The van der Waals surface area contributed by atoms with Gasteiger partial charge in [0.1, 0.15) is 17.1 Å². The number of methoxy groups -OCH3 is 1. The lowest BCUT2D eigenvalue weighted by molar-refractivity contribution is 0.0527. The Bertz CT molecular complexity index is 677. The Labute approximate surface area is 127 Å². The maximum atomic E-state index is 12.3. The second kappa shape index (κ2) is 6.75. The van der Waals surface area contributed by atoms with Crippen LogP contribution in [0.1, 0.15) is 27.6 Å². The van der Waals surface area contributed by atoms with Gasteiger partial charge in [-0.05, 0) is 31.2 Å². The number of hydrogen-bond acceptors (Lipinski definition) is 5. The van der Waals surface area contributed by atoms with E-state index in [4.69, 9.17) is 9.47 Å². The molecule has 2 aromatic rings. The van der Waals surface area contributed by atoms with Crippen LogP contribution in [0.25, 0.3) is 0 Å². The molecule has 0 unspecified atom stereocenters. The molecule has 0 saturated heterocycles. The molecular formula is C15H17N3O4. The van der Waals surface area contributed by atoms with Crippen molar-refractivity contribution in [2.45, 2.75) is 6.92 Å². The van der Waals surface area contributed by atoms with Crippen molar-refractivity contribution >= 4 is 17.7 Å². The number of benzene rings is 1. The highest BCUT2D eigenvalue weighted by Crippen LogP contribution is 2.18. The van der Waals surface area contributed by atoms with Crippen LogP contribution in [0.4, 0.5) is 5.82 Å².